The predicted octanol–water partition coefficient (Wildman–Crippen LogP) is 3.19. The molecule has 0 fully saturated rings. The van der Waals surface area contributed by atoms with Gasteiger partial charge in [0.15, 0.2) is 5.16 Å². The fourth-order valence-electron chi connectivity index (χ4n) is 3.04. The molecule has 31 heavy (non-hydrogen) atoms. The lowest BCUT2D eigenvalue weighted by Gasteiger charge is -2.16. The molecule has 0 saturated carbocycles. The summed E-state index contributed by atoms with van der Waals surface area (Å²) in [6, 6.07) is 5.75. The van der Waals surface area contributed by atoms with E-state index in [1.54, 1.807) is 35.7 Å². The van der Waals surface area contributed by atoms with Gasteiger partial charge in [-0.15, -0.1) is 0 Å². The number of H-pyrrole nitrogens is 1. The van der Waals surface area contributed by atoms with Crippen LogP contribution in [-0.4, -0.2) is 55.9 Å². The zero-order valence-electron chi connectivity index (χ0n) is 17.8. The van der Waals surface area contributed by atoms with E-state index in [0.29, 0.717) is 29.6 Å². The molecule has 1 amide bonds. The highest BCUT2D eigenvalue weighted by molar-refractivity contribution is 7.99. The number of nitrogens with one attached hydrogen (secondary N) is 1. The van der Waals surface area contributed by atoms with E-state index in [1.165, 1.54) is 12.1 Å². The molecule has 164 valence electrons. The summed E-state index contributed by atoms with van der Waals surface area (Å²) in [7, 11) is 3.52. The fourth-order valence-corrected chi connectivity index (χ4v) is 3.71. The maximum Gasteiger partial charge on any atom is 0.316 e. The van der Waals surface area contributed by atoms with E-state index < -0.39 is 0 Å². The first-order valence-electron chi connectivity index (χ1n) is 9.67. The molecule has 8 nitrogen and oxygen atoms in total. The number of hydrogen-bond donors (Lipinski definition) is 1. The van der Waals surface area contributed by atoms with Crippen molar-refractivity contribution in [3.05, 3.63) is 53.2 Å². The van der Waals surface area contributed by atoms with Crippen LogP contribution in [0.3, 0.4) is 0 Å². The van der Waals surface area contributed by atoms with Gasteiger partial charge in [0, 0.05) is 38.0 Å². The molecule has 0 aliphatic carbocycles. The number of carbonyl (C=O) groups is 2. The Hall–Kier alpha value is -3.14. The minimum atomic E-state index is -0.381. The second kappa shape index (κ2) is 9.78. The normalized spacial score (nSPS) is 10.9. The highest BCUT2D eigenvalue weighted by Gasteiger charge is 2.23. The van der Waals surface area contributed by atoms with Crippen LogP contribution in [0.25, 0.3) is 11.3 Å². The van der Waals surface area contributed by atoms with E-state index in [4.69, 9.17) is 4.74 Å². The van der Waals surface area contributed by atoms with Crippen molar-refractivity contribution in [1.82, 2.24) is 24.6 Å². The van der Waals surface area contributed by atoms with Gasteiger partial charge in [0.25, 0.3) is 5.91 Å². The molecule has 0 bridgehead atoms. The van der Waals surface area contributed by atoms with E-state index in [-0.39, 0.29) is 29.1 Å². The van der Waals surface area contributed by atoms with Gasteiger partial charge in [-0.25, -0.2) is 9.37 Å². The number of aromatic nitrogens is 4. The SMILES string of the molecule is CCOC(=O)CSc1nc(-c2ccc(F)cc2)c(C(=O)N(C)Cc2cn(C)nc2C)[nH]1. The second-order valence-electron chi connectivity index (χ2n) is 6.94. The van der Waals surface area contributed by atoms with E-state index in [9.17, 15) is 14.0 Å². The lowest BCUT2D eigenvalue weighted by molar-refractivity contribution is -0.139. The van der Waals surface area contributed by atoms with Gasteiger partial charge >= 0.3 is 5.97 Å². The number of ether oxygens (including phenoxy) is 1. The van der Waals surface area contributed by atoms with Crippen LogP contribution in [0.4, 0.5) is 4.39 Å². The Morgan fingerprint density at radius 3 is 2.61 bits per heavy atom. The third-order valence-corrected chi connectivity index (χ3v) is 5.36. The van der Waals surface area contributed by atoms with Crippen molar-refractivity contribution in [3.63, 3.8) is 0 Å². The number of imidazole rings is 1. The van der Waals surface area contributed by atoms with Crippen LogP contribution in [-0.2, 0) is 23.1 Å². The molecule has 10 heteroatoms. The summed E-state index contributed by atoms with van der Waals surface area (Å²) in [5.41, 5.74) is 3.03. The lowest BCUT2D eigenvalue weighted by Crippen LogP contribution is -2.27. The Kier molecular flexibility index (Phi) is 7.11. The quantitative estimate of drug-likeness (QED) is 0.423. The van der Waals surface area contributed by atoms with Gasteiger partial charge in [-0.3, -0.25) is 14.3 Å². The second-order valence-corrected chi connectivity index (χ2v) is 7.90. The van der Waals surface area contributed by atoms with Crippen molar-refractivity contribution in [2.45, 2.75) is 25.5 Å². The third-order valence-electron chi connectivity index (χ3n) is 4.52. The minimum absolute atomic E-state index is 0.0581. The molecule has 0 radical (unpaired) electrons. The highest BCUT2D eigenvalue weighted by atomic mass is 32.2. The molecule has 2 aromatic heterocycles. The number of thioether (sulfide) groups is 1. The van der Waals surface area contributed by atoms with Crippen LogP contribution in [0.2, 0.25) is 0 Å². The number of benzene rings is 1. The van der Waals surface area contributed by atoms with Crippen LogP contribution in [0, 0.1) is 12.7 Å². The van der Waals surface area contributed by atoms with Crippen molar-refractivity contribution in [2.75, 3.05) is 19.4 Å². The smallest absolute Gasteiger partial charge is 0.316 e. The summed E-state index contributed by atoms with van der Waals surface area (Å²) < 4.78 is 20.0. The van der Waals surface area contributed by atoms with Gasteiger partial charge < -0.3 is 14.6 Å². The minimum Gasteiger partial charge on any atom is -0.465 e. The van der Waals surface area contributed by atoms with Crippen molar-refractivity contribution >= 4 is 23.6 Å². The number of esters is 1. The summed E-state index contributed by atoms with van der Waals surface area (Å²) in [5, 5.41) is 4.71. The number of hydrogen-bond acceptors (Lipinski definition) is 6. The first-order chi connectivity index (χ1) is 14.8. The van der Waals surface area contributed by atoms with Gasteiger partial charge in [0.1, 0.15) is 17.2 Å². The summed E-state index contributed by atoms with van der Waals surface area (Å²) in [4.78, 5) is 34.0. The monoisotopic (exact) mass is 445 g/mol. The molecule has 0 aliphatic heterocycles. The Bertz CT molecular complexity index is 1080. The molecule has 1 aromatic carbocycles. The first-order valence-corrected chi connectivity index (χ1v) is 10.7. The number of halogens is 1. The maximum absolute atomic E-state index is 13.4. The Balaban J connectivity index is 1.88. The topological polar surface area (TPSA) is 93.1 Å². The van der Waals surface area contributed by atoms with Crippen molar-refractivity contribution in [2.24, 2.45) is 7.05 Å². The number of aromatic amines is 1. The van der Waals surface area contributed by atoms with E-state index in [1.807, 2.05) is 20.2 Å². The van der Waals surface area contributed by atoms with Gasteiger partial charge in [0.05, 0.1) is 18.1 Å². The van der Waals surface area contributed by atoms with E-state index in [2.05, 4.69) is 15.1 Å². The number of carbonyl (C=O) groups excluding carboxylic acids is 2. The van der Waals surface area contributed by atoms with Crippen molar-refractivity contribution in [1.29, 1.82) is 0 Å². The molecule has 0 atom stereocenters. The molecule has 0 spiro atoms. The fraction of sp³-hybridized carbons (Fsp3) is 0.333. The number of aryl methyl sites for hydroxylation is 2. The van der Waals surface area contributed by atoms with Crippen LogP contribution in [0.1, 0.15) is 28.7 Å². The molecular weight excluding hydrogens is 421 g/mol. The Morgan fingerprint density at radius 1 is 1.29 bits per heavy atom. The molecule has 1 N–H and O–H groups in total. The standard InChI is InChI=1S/C21H24FN5O3S/c1-5-30-17(28)12-31-21-23-18(14-6-8-16(22)9-7-14)19(24-21)20(29)26(3)10-15-11-27(4)25-13(15)2/h6-9,11H,5,10,12H2,1-4H3,(H,23,24). The predicted molar refractivity (Wildman–Crippen MR) is 115 cm³/mol. The summed E-state index contributed by atoms with van der Waals surface area (Å²) in [5.74, 6) is -0.974. The molecule has 0 unspecified atom stereocenters. The maximum atomic E-state index is 13.4. The van der Waals surface area contributed by atoms with Gasteiger partial charge in [-0.05, 0) is 38.1 Å². The molecule has 2 heterocycles. The summed E-state index contributed by atoms with van der Waals surface area (Å²) in [6.07, 6.45) is 1.87. The van der Waals surface area contributed by atoms with E-state index >= 15 is 0 Å². The van der Waals surface area contributed by atoms with Crippen molar-refractivity contribution < 1.29 is 18.7 Å². The van der Waals surface area contributed by atoms with Crippen LogP contribution >= 0.6 is 11.8 Å². The molecule has 0 saturated heterocycles. The van der Waals surface area contributed by atoms with Crippen molar-refractivity contribution in [3.8, 4) is 11.3 Å². The summed E-state index contributed by atoms with van der Waals surface area (Å²) >= 11 is 1.14. The number of nitrogens with zero attached hydrogens (tertiary/aromatic N) is 4. The Morgan fingerprint density at radius 2 is 2.00 bits per heavy atom. The first kappa shape index (κ1) is 22.5. The lowest BCUT2D eigenvalue weighted by atomic mass is 10.1. The van der Waals surface area contributed by atoms with Gasteiger partial charge in [-0.2, -0.15) is 5.10 Å². The number of rotatable bonds is 8. The van der Waals surface area contributed by atoms with Gasteiger partial charge in [-0.1, -0.05) is 11.8 Å². The Labute approximate surface area is 183 Å². The molecular formula is C21H24FN5O3S. The number of amides is 1. The van der Waals surface area contributed by atoms with Crippen LogP contribution in [0.5, 0.6) is 0 Å². The summed E-state index contributed by atoms with van der Waals surface area (Å²) in [6.45, 7) is 4.28. The highest BCUT2D eigenvalue weighted by Crippen LogP contribution is 2.27. The van der Waals surface area contributed by atoms with Crippen LogP contribution in [0.15, 0.2) is 35.6 Å². The zero-order chi connectivity index (χ0) is 22.5. The molecule has 0 aliphatic rings. The molecule has 3 aromatic rings. The van der Waals surface area contributed by atoms with Gasteiger partial charge in [0.2, 0.25) is 0 Å². The molecule has 3 rings (SSSR count). The largest absolute Gasteiger partial charge is 0.465 e. The average molecular weight is 446 g/mol. The average Bonchev–Trinajstić information content (AvgIpc) is 3.29. The van der Waals surface area contributed by atoms with Crippen LogP contribution < -0.4 is 0 Å². The third kappa shape index (κ3) is 5.52. The van der Waals surface area contributed by atoms with E-state index in [0.717, 1.165) is 23.0 Å². The zero-order valence-corrected chi connectivity index (χ0v) is 18.6.